The number of carbonyl (C=O) groups is 3. The molecule has 23 heavy (non-hydrogen) atoms. The summed E-state index contributed by atoms with van der Waals surface area (Å²) in [6.45, 7) is 5.49. The summed E-state index contributed by atoms with van der Waals surface area (Å²) in [5.74, 6) is -1.86. The number of anilines is 1. The number of amides is 2. The number of halogens is 1. The van der Waals surface area contributed by atoms with Crippen LogP contribution in [0, 0.1) is 11.8 Å². The van der Waals surface area contributed by atoms with Crippen molar-refractivity contribution in [2.45, 2.75) is 27.2 Å². The van der Waals surface area contributed by atoms with Gasteiger partial charge in [-0.1, -0.05) is 32.4 Å². The molecule has 3 N–H and O–H groups in total. The van der Waals surface area contributed by atoms with Crippen LogP contribution >= 0.6 is 11.6 Å². The Bertz CT molecular complexity index is 602. The predicted molar refractivity (Wildman–Crippen MR) is 88.7 cm³/mol. The zero-order valence-electron chi connectivity index (χ0n) is 13.4. The summed E-state index contributed by atoms with van der Waals surface area (Å²) in [4.78, 5) is 34.5. The molecule has 0 radical (unpaired) electrons. The van der Waals surface area contributed by atoms with Crippen molar-refractivity contribution >= 4 is 35.1 Å². The second-order valence-electron chi connectivity index (χ2n) is 5.75. The van der Waals surface area contributed by atoms with Gasteiger partial charge in [0.05, 0.1) is 10.6 Å². The van der Waals surface area contributed by atoms with Gasteiger partial charge in [0.15, 0.2) is 0 Å². The lowest BCUT2D eigenvalue weighted by Gasteiger charge is -2.13. The highest BCUT2D eigenvalue weighted by Gasteiger charge is 2.15. The zero-order valence-corrected chi connectivity index (χ0v) is 14.1. The van der Waals surface area contributed by atoms with Crippen molar-refractivity contribution < 1.29 is 19.5 Å². The molecule has 0 aromatic heterocycles. The highest BCUT2D eigenvalue weighted by Crippen LogP contribution is 2.21. The normalized spacial score (nSPS) is 11.9. The molecule has 1 aromatic carbocycles. The first-order chi connectivity index (χ1) is 10.7. The SMILES string of the molecule is CC(CNC(=O)c1cc(NC(=O)C(C)C)ccc1Cl)CC(=O)O. The van der Waals surface area contributed by atoms with Crippen LogP contribution in [0.4, 0.5) is 5.69 Å². The Morgan fingerprint density at radius 3 is 2.43 bits per heavy atom. The van der Waals surface area contributed by atoms with E-state index >= 15 is 0 Å². The summed E-state index contributed by atoms with van der Waals surface area (Å²) in [6.07, 6.45) is -0.0293. The van der Waals surface area contributed by atoms with E-state index in [0.29, 0.717) is 5.69 Å². The molecule has 1 aromatic rings. The Kier molecular flexibility index (Phi) is 7.03. The van der Waals surface area contributed by atoms with Crippen LogP contribution in [0.1, 0.15) is 37.6 Å². The average molecular weight is 341 g/mol. The largest absolute Gasteiger partial charge is 0.481 e. The lowest BCUT2D eigenvalue weighted by molar-refractivity contribution is -0.137. The monoisotopic (exact) mass is 340 g/mol. The van der Waals surface area contributed by atoms with Crippen LogP contribution in [0.25, 0.3) is 0 Å². The van der Waals surface area contributed by atoms with E-state index in [-0.39, 0.29) is 41.3 Å². The molecule has 0 saturated carbocycles. The van der Waals surface area contributed by atoms with Crippen LogP contribution < -0.4 is 10.6 Å². The second-order valence-corrected chi connectivity index (χ2v) is 6.16. The first-order valence-electron chi connectivity index (χ1n) is 7.31. The molecule has 1 unspecified atom stereocenters. The van der Waals surface area contributed by atoms with Gasteiger partial charge in [-0.2, -0.15) is 0 Å². The fourth-order valence-corrected chi connectivity index (χ4v) is 2.00. The third-order valence-electron chi connectivity index (χ3n) is 3.14. The van der Waals surface area contributed by atoms with Gasteiger partial charge in [-0.05, 0) is 24.1 Å². The van der Waals surface area contributed by atoms with Crippen molar-refractivity contribution in [1.29, 1.82) is 0 Å². The van der Waals surface area contributed by atoms with Gasteiger partial charge in [0, 0.05) is 24.6 Å². The topological polar surface area (TPSA) is 95.5 Å². The van der Waals surface area contributed by atoms with Gasteiger partial charge in [-0.3, -0.25) is 14.4 Å². The summed E-state index contributed by atoms with van der Waals surface area (Å²) >= 11 is 6.02. The van der Waals surface area contributed by atoms with Gasteiger partial charge < -0.3 is 15.7 Å². The smallest absolute Gasteiger partial charge is 0.303 e. The summed E-state index contributed by atoms with van der Waals surface area (Å²) in [6, 6.07) is 4.65. The molecule has 1 atom stereocenters. The maximum atomic E-state index is 12.2. The van der Waals surface area contributed by atoms with Crippen LogP contribution in [0.15, 0.2) is 18.2 Å². The average Bonchev–Trinajstić information content (AvgIpc) is 2.45. The maximum Gasteiger partial charge on any atom is 0.303 e. The van der Waals surface area contributed by atoms with Crippen molar-refractivity contribution in [1.82, 2.24) is 5.32 Å². The van der Waals surface area contributed by atoms with Crippen LogP contribution in [0.2, 0.25) is 5.02 Å². The number of benzene rings is 1. The lowest BCUT2D eigenvalue weighted by Crippen LogP contribution is -2.29. The number of carboxylic acids is 1. The van der Waals surface area contributed by atoms with Crippen molar-refractivity contribution in [2.75, 3.05) is 11.9 Å². The molecule has 126 valence electrons. The van der Waals surface area contributed by atoms with Crippen molar-refractivity contribution in [3.8, 4) is 0 Å². The molecule has 0 heterocycles. The van der Waals surface area contributed by atoms with E-state index in [1.54, 1.807) is 26.8 Å². The molecule has 0 spiro atoms. The zero-order chi connectivity index (χ0) is 17.6. The summed E-state index contributed by atoms with van der Waals surface area (Å²) in [5, 5.41) is 14.3. The Hall–Kier alpha value is -2.08. The molecule has 0 saturated heterocycles. The summed E-state index contributed by atoms with van der Waals surface area (Å²) < 4.78 is 0. The fourth-order valence-electron chi connectivity index (χ4n) is 1.80. The van der Waals surface area contributed by atoms with E-state index in [1.807, 2.05) is 0 Å². The minimum atomic E-state index is -0.914. The van der Waals surface area contributed by atoms with Crippen LogP contribution in [-0.2, 0) is 9.59 Å². The first kappa shape index (κ1) is 19.0. The molecule has 0 fully saturated rings. The molecule has 0 aliphatic carbocycles. The van der Waals surface area contributed by atoms with Gasteiger partial charge in [0.1, 0.15) is 0 Å². The van der Waals surface area contributed by atoms with E-state index in [9.17, 15) is 14.4 Å². The molecule has 0 aliphatic heterocycles. The van der Waals surface area contributed by atoms with Gasteiger partial charge in [0.2, 0.25) is 5.91 Å². The molecule has 2 amide bonds. The van der Waals surface area contributed by atoms with E-state index in [2.05, 4.69) is 10.6 Å². The van der Waals surface area contributed by atoms with E-state index in [0.717, 1.165) is 0 Å². The number of nitrogens with one attached hydrogen (secondary N) is 2. The van der Waals surface area contributed by atoms with Gasteiger partial charge in [-0.25, -0.2) is 0 Å². The minimum Gasteiger partial charge on any atom is -0.481 e. The maximum absolute atomic E-state index is 12.2. The Morgan fingerprint density at radius 1 is 1.22 bits per heavy atom. The van der Waals surface area contributed by atoms with Crippen molar-refractivity contribution in [2.24, 2.45) is 11.8 Å². The van der Waals surface area contributed by atoms with Crippen LogP contribution in [0.5, 0.6) is 0 Å². The number of hydrogen-bond donors (Lipinski definition) is 3. The summed E-state index contributed by atoms with van der Waals surface area (Å²) in [5.41, 5.74) is 0.715. The number of carboxylic acid groups (broad SMARTS) is 1. The first-order valence-corrected chi connectivity index (χ1v) is 7.69. The Morgan fingerprint density at radius 2 is 1.87 bits per heavy atom. The third kappa shape index (κ3) is 6.28. The van der Waals surface area contributed by atoms with Gasteiger partial charge in [0.25, 0.3) is 5.91 Å². The van der Waals surface area contributed by atoms with E-state index < -0.39 is 11.9 Å². The highest BCUT2D eigenvalue weighted by atomic mass is 35.5. The molecule has 6 nitrogen and oxygen atoms in total. The molecule has 0 bridgehead atoms. The highest BCUT2D eigenvalue weighted by molar-refractivity contribution is 6.34. The van der Waals surface area contributed by atoms with Crippen molar-refractivity contribution in [3.63, 3.8) is 0 Å². The van der Waals surface area contributed by atoms with Crippen LogP contribution in [0.3, 0.4) is 0 Å². The standard InChI is InChI=1S/C16H21ClN2O4/c1-9(2)15(22)19-11-4-5-13(17)12(7-11)16(23)18-8-10(3)6-14(20)21/h4-5,7,9-10H,6,8H2,1-3H3,(H,18,23)(H,19,22)(H,20,21). The van der Waals surface area contributed by atoms with E-state index in [4.69, 9.17) is 16.7 Å². The molecule has 1 rings (SSSR count). The predicted octanol–water partition coefficient (Wildman–Crippen LogP) is 2.78. The Labute approximate surface area is 140 Å². The second kappa shape index (κ2) is 8.53. The fraction of sp³-hybridized carbons (Fsp3) is 0.438. The lowest BCUT2D eigenvalue weighted by atomic mass is 10.1. The molecular weight excluding hydrogens is 320 g/mol. The Balaban J connectivity index is 2.76. The third-order valence-corrected chi connectivity index (χ3v) is 3.47. The molecular formula is C16H21ClN2O4. The van der Waals surface area contributed by atoms with E-state index in [1.165, 1.54) is 12.1 Å². The molecule has 0 aliphatic rings. The van der Waals surface area contributed by atoms with Crippen molar-refractivity contribution in [3.05, 3.63) is 28.8 Å². The number of hydrogen-bond acceptors (Lipinski definition) is 3. The number of aliphatic carboxylic acids is 1. The quantitative estimate of drug-likeness (QED) is 0.711. The molecule has 7 heteroatoms. The number of rotatable bonds is 7. The van der Waals surface area contributed by atoms with Gasteiger partial charge >= 0.3 is 5.97 Å². The van der Waals surface area contributed by atoms with Crippen LogP contribution in [-0.4, -0.2) is 29.4 Å². The summed E-state index contributed by atoms with van der Waals surface area (Å²) in [7, 11) is 0. The number of carbonyl (C=O) groups excluding carboxylic acids is 2. The van der Waals surface area contributed by atoms with Gasteiger partial charge in [-0.15, -0.1) is 0 Å². The minimum absolute atomic E-state index is 0.0293.